The first-order chi connectivity index (χ1) is 16.7. The van der Waals surface area contributed by atoms with Gasteiger partial charge in [0.25, 0.3) is 5.56 Å². The summed E-state index contributed by atoms with van der Waals surface area (Å²) in [5.41, 5.74) is 4.66. The fraction of sp³-hybridized carbons (Fsp3) is 0.444. The summed E-state index contributed by atoms with van der Waals surface area (Å²) in [6.45, 7) is 13.8. The highest BCUT2D eigenvalue weighted by Gasteiger charge is 2.31. The molecule has 3 heterocycles. The molecule has 1 N–H and O–H groups in total. The topological polar surface area (TPSA) is 92.6 Å². The fourth-order valence-electron chi connectivity index (χ4n) is 4.64. The van der Waals surface area contributed by atoms with E-state index in [4.69, 9.17) is 0 Å². The Morgan fingerprint density at radius 2 is 1.94 bits per heavy atom. The van der Waals surface area contributed by atoms with E-state index in [-0.39, 0.29) is 17.1 Å². The number of hydrogen-bond acceptors (Lipinski definition) is 6. The van der Waals surface area contributed by atoms with Crippen molar-refractivity contribution in [1.29, 1.82) is 0 Å². The van der Waals surface area contributed by atoms with Crippen LogP contribution in [0.3, 0.4) is 0 Å². The maximum absolute atomic E-state index is 13.2. The van der Waals surface area contributed by atoms with E-state index >= 15 is 0 Å². The minimum atomic E-state index is -0.221. The quantitative estimate of drug-likeness (QED) is 0.374. The van der Waals surface area contributed by atoms with Crippen molar-refractivity contribution >= 4 is 10.9 Å². The van der Waals surface area contributed by atoms with Crippen molar-refractivity contribution in [2.45, 2.75) is 79.1 Å². The van der Waals surface area contributed by atoms with Crippen LogP contribution in [-0.2, 0) is 18.6 Å². The van der Waals surface area contributed by atoms with Gasteiger partial charge in [0.15, 0.2) is 5.82 Å². The third-order valence-electron chi connectivity index (χ3n) is 6.93. The number of rotatable bonds is 9. The van der Waals surface area contributed by atoms with Gasteiger partial charge in [-0.1, -0.05) is 26.0 Å². The number of H-pyrrole nitrogens is 1. The number of nitrogens with zero attached hydrogens (tertiary/aromatic N) is 6. The third-order valence-corrected chi connectivity index (χ3v) is 6.93. The highest BCUT2D eigenvalue weighted by atomic mass is 16.1. The van der Waals surface area contributed by atoms with Gasteiger partial charge in [-0.05, 0) is 85.9 Å². The van der Waals surface area contributed by atoms with Gasteiger partial charge in [-0.3, -0.25) is 14.7 Å². The summed E-state index contributed by atoms with van der Waals surface area (Å²) >= 11 is 0. The zero-order valence-electron chi connectivity index (χ0n) is 21.5. The molecular weight excluding hydrogens is 438 g/mol. The van der Waals surface area contributed by atoms with Crippen LogP contribution >= 0.6 is 0 Å². The Kier molecular flexibility index (Phi) is 7.12. The summed E-state index contributed by atoms with van der Waals surface area (Å²) < 4.78 is 1.94. The number of benzene rings is 1. The monoisotopic (exact) mass is 473 g/mol. The summed E-state index contributed by atoms with van der Waals surface area (Å²) in [5, 5.41) is 13.9. The molecule has 4 rings (SSSR count). The third kappa shape index (κ3) is 5.17. The van der Waals surface area contributed by atoms with Crippen molar-refractivity contribution in [3.05, 3.63) is 81.2 Å². The van der Waals surface area contributed by atoms with Crippen molar-refractivity contribution in [3.63, 3.8) is 0 Å². The lowest BCUT2D eigenvalue weighted by Gasteiger charge is -2.33. The summed E-state index contributed by atoms with van der Waals surface area (Å²) in [7, 11) is 0. The Labute approximate surface area is 206 Å². The molecule has 184 valence electrons. The summed E-state index contributed by atoms with van der Waals surface area (Å²) in [6, 6.07) is 10.1. The largest absolute Gasteiger partial charge is 0.322 e. The van der Waals surface area contributed by atoms with Crippen LogP contribution in [0.1, 0.15) is 74.7 Å². The Morgan fingerprint density at radius 1 is 1.14 bits per heavy atom. The number of nitrogens with one attached hydrogen (secondary N) is 1. The van der Waals surface area contributed by atoms with E-state index in [0.29, 0.717) is 13.1 Å². The van der Waals surface area contributed by atoms with Crippen LogP contribution in [0.2, 0.25) is 0 Å². The van der Waals surface area contributed by atoms with E-state index in [1.165, 1.54) is 0 Å². The maximum Gasteiger partial charge on any atom is 0.252 e. The highest BCUT2D eigenvalue weighted by molar-refractivity contribution is 5.83. The zero-order valence-corrected chi connectivity index (χ0v) is 21.5. The molecule has 8 heteroatoms. The summed E-state index contributed by atoms with van der Waals surface area (Å²) in [4.78, 5) is 22.9. The molecule has 0 aliphatic carbocycles. The van der Waals surface area contributed by atoms with Crippen molar-refractivity contribution in [3.8, 4) is 0 Å². The molecule has 0 aliphatic rings. The fourth-order valence-corrected chi connectivity index (χ4v) is 4.64. The van der Waals surface area contributed by atoms with E-state index < -0.39 is 0 Å². The van der Waals surface area contributed by atoms with Crippen LogP contribution in [-0.4, -0.2) is 35.1 Å². The normalized spacial score (nSPS) is 13.0. The molecule has 1 aromatic carbocycles. The van der Waals surface area contributed by atoms with Gasteiger partial charge in [0.05, 0.1) is 11.6 Å². The van der Waals surface area contributed by atoms with Gasteiger partial charge in [-0.2, -0.15) is 0 Å². The number of aromatic nitrogens is 6. The predicted octanol–water partition coefficient (Wildman–Crippen LogP) is 4.83. The first-order valence-corrected chi connectivity index (χ1v) is 12.3. The average molecular weight is 474 g/mol. The Balaban J connectivity index is 1.79. The first-order valence-electron chi connectivity index (χ1n) is 12.3. The second-order valence-corrected chi connectivity index (χ2v) is 9.97. The second-order valence-electron chi connectivity index (χ2n) is 9.97. The molecule has 0 bridgehead atoms. The second kappa shape index (κ2) is 10.1. The van der Waals surface area contributed by atoms with Crippen molar-refractivity contribution in [2.24, 2.45) is 0 Å². The lowest BCUT2D eigenvalue weighted by atomic mass is 10.0. The zero-order chi connectivity index (χ0) is 25.2. The van der Waals surface area contributed by atoms with Gasteiger partial charge in [0.1, 0.15) is 0 Å². The van der Waals surface area contributed by atoms with E-state index in [0.717, 1.165) is 51.8 Å². The van der Waals surface area contributed by atoms with Crippen LogP contribution < -0.4 is 5.56 Å². The first kappa shape index (κ1) is 24.7. The maximum atomic E-state index is 13.2. The molecule has 0 spiro atoms. The number of aryl methyl sites for hydroxylation is 2. The molecule has 0 aliphatic heterocycles. The van der Waals surface area contributed by atoms with Crippen molar-refractivity contribution in [1.82, 2.24) is 35.1 Å². The number of fused-ring (bicyclic) bond motifs is 1. The van der Waals surface area contributed by atoms with Crippen LogP contribution in [0.4, 0.5) is 0 Å². The van der Waals surface area contributed by atoms with Crippen LogP contribution in [0, 0.1) is 13.8 Å². The SMILES string of the molecule is CC[C@@H](c1nnnn1C(C)(C)CC)N(Cc1cccnc1)Cc1cc2c(C)cc(C)cc2[nH]c1=O. The van der Waals surface area contributed by atoms with E-state index in [9.17, 15) is 4.79 Å². The molecule has 0 unspecified atom stereocenters. The molecule has 3 aromatic heterocycles. The molecule has 0 saturated carbocycles. The van der Waals surface area contributed by atoms with Crippen LogP contribution in [0.25, 0.3) is 10.9 Å². The smallest absolute Gasteiger partial charge is 0.252 e. The van der Waals surface area contributed by atoms with Crippen LogP contribution in [0.15, 0.2) is 47.5 Å². The molecule has 0 fully saturated rings. The molecule has 35 heavy (non-hydrogen) atoms. The number of pyridine rings is 2. The molecule has 0 radical (unpaired) electrons. The molecule has 4 aromatic rings. The van der Waals surface area contributed by atoms with Crippen LogP contribution in [0.5, 0.6) is 0 Å². The van der Waals surface area contributed by atoms with E-state index in [2.05, 4.69) is 77.1 Å². The average Bonchev–Trinajstić information content (AvgIpc) is 3.31. The summed E-state index contributed by atoms with van der Waals surface area (Å²) in [5.74, 6) is 0.812. The Hall–Kier alpha value is -3.39. The van der Waals surface area contributed by atoms with Crippen molar-refractivity contribution in [2.75, 3.05) is 0 Å². The van der Waals surface area contributed by atoms with Gasteiger partial charge < -0.3 is 4.98 Å². The minimum absolute atomic E-state index is 0.0676. The Bertz CT molecular complexity index is 1360. The van der Waals surface area contributed by atoms with Gasteiger partial charge >= 0.3 is 0 Å². The number of hydrogen-bond donors (Lipinski definition) is 1. The number of tetrazole rings is 1. The van der Waals surface area contributed by atoms with Crippen molar-refractivity contribution < 1.29 is 0 Å². The lowest BCUT2D eigenvalue weighted by Crippen LogP contribution is -2.36. The Morgan fingerprint density at radius 3 is 2.63 bits per heavy atom. The molecule has 1 atom stereocenters. The summed E-state index contributed by atoms with van der Waals surface area (Å²) in [6.07, 6.45) is 5.34. The van der Waals surface area contributed by atoms with Gasteiger partial charge in [-0.25, -0.2) is 4.68 Å². The highest BCUT2D eigenvalue weighted by Crippen LogP contribution is 2.30. The molecular formula is C27H35N7O. The number of aromatic amines is 1. The molecule has 0 saturated heterocycles. The predicted molar refractivity (Wildman–Crippen MR) is 138 cm³/mol. The lowest BCUT2D eigenvalue weighted by molar-refractivity contribution is 0.150. The standard InChI is InChI=1S/C27H35N7O/c1-7-24(25-30-31-32-34(25)27(5,6)8-2)33(16-20-10-9-11-28-15-20)17-21-14-22-19(4)12-18(3)13-23(22)29-26(21)35/h9-15,24H,7-8,16-17H2,1-6H3,(H,29,35)/t24-/m0/s1. The minimum Gasteiger partial charge on any atom is -0.322 e. The van der Waals surface area contributed by atoms with E-state index in [1.54, 1.807) is 6.20 Å². The molecule has 8 nitrogen and oxygen atoms in total. The van der Waals surface area contributed by atoms with E-state index in [1.807, 2.05) is 36.0 Å². The van der Waals surface area contributed by atoms with Gasteiger partial charge in [-0.15, -0.1) is 5.10 Å². The van der Waals surface area contributed by atoms with Gasteiger partial charge in [0, 0.05) is 41.9 Å². The van der Waals surface area contributed by atoms with Gasteiger partial charge in [0.2, 0.25) is 0 Å². The molecule has 0 amide bonds.